The van der Waals surface area contributed by atoms with Gasteiger partial charge in [-0.3, -0.25) is 0 Å². The molecule has 0 radical (unpaired) electrons. The van der Waals surface area contributed by atoms with Crippen molar-refractivity contribution < 1.29 is 8.78 Å². The first-order valence-corrected chi connectivity index (χ1v) is 6.48. The SMILES string of the molecule is CCC1(CNc2ccc(N)cc2C(F)F)CCC1. The van der Waals surface area contributed by atoms with Crippen LogP contribution in [-0.4, -0.2) is 6.54 Å². The Labute approximate surface area is 107 Å². The van der Waals surface area contributed by atoms with E-state index in [2.05, 4.69) is 12.2 Å². The highest BCUT2D eigenvalue weighted by molar-refractivity contribution is 5.58. The van der Waals surface area contributed by atoms with Crippen LogP contribution in [0.1, 0.15) is 44.6 Å². The fourth-order valence-electron chi connectivity index (χ4n) is 2.54. The fourth-order valence-corrected chi connectivity index (χ4v) is 2.54. The van der Waals surface area contributed by atoms with Crippen molar-refractivity contribution >= 4 is 11.4 Å². The maximum atomic E-state index is 12.9. The maximum absolute atomic E-state index is 12.9. The first-order chi connectivity index (χ1) is 8.56. The van der Waals surface area contributed by atoms with Crippen molar-refractivity contribution in [2.45, 2.75) is 39.0 Å². The molecule has 0 atom stereocenters. The van der Waals surface area contributed by atoms with Crippen molar-refractivity contribution in [1.82, 2.24) is 0 Å². The van der Waals surface area contributed by atoms with Crippen molar-refractivity contribution in [3.8, 4) is 0 Å². The molecule has 18 heavy (non-hydrogen) atoms. The van der Waals surface area contributed by atoms with Gasteiger partial charge in [-0.15, -0.1) is 0 Å². The van der Waals surface area contributed by atoms with Crippen LogP contribution >= 0.6 is 0 Å². The van der Waals surface area contributed by atoms with Crippen LogP contribution in [0.2, 0.25) is 0 Å². The Bertz CT molecular complexity index is 409. The second kappa shape index (κ2) is 5.12. The third-order valence-corrected chi connectivity index (χ3v) is 4.13. The molecule has 0 aliphatic heterocycles. The summed E-state index contributed by atoms with van der Waals surface area (Å²) >= 11 is 0. The topological polar surface area (TPSA) is 38.0 Å². The summed E-state index contributed by atoms with van der Waals surface area (Å²) in [5, 5.41) is 3.18. The van der Waals surface area contributed by atoms with Gasteiger partial charge in [-0.1, -0.05) is 13.3 Å². The molecule has 0 amide bonds. The summed E-state index contributed by atoms with van der Waals surface area (Å²) in [6.07, 6.45) is 2.23. The molecule has 1 saturated carbocycles. The number of nitrogen functional groups attached to an aromatic ring is 1. The third-order valence-electron chi connectivity index (χ3n) is 4.13. The van der Waals surface area contributed by atoms with Crippen LogP contribution < -0.4 is 11.1 Å². The van der Waals surface area contributed by atoms with Gasteiger partial charge in [0.1, 0.15) is 0 Å². The summed E-state index contributed by atoms with van der Waals surface area (Å²) in [5.41, 5.74) is 6.75. The standard InChI is InChI=1S/C14H20F2N2/c1-2-14(6-3-7-14)9-18-12-5-4-10(17)8-11(12)13(15)16/h4-5,8,13,18H,2-3,6-7,9,17H2,1H3. The molecule has 0 saturated heterocycles. The number of halogens is 2. The van der Waals surface area contributed by atoms with Gasteiger partial charge in [0, 0.05) is 23.5 Å². The molecule has 3 N–H and O–H groups in total. The Kier molecular flexibility index (Phi) is 3.73. The van der Waals surface area contributed by atoms with Gasteiger partial charge in [-0.2, -0.15) is 0 Å². The summed E-state index contributed by atoms with van der Waals surface area (Å²) in [5.74, 6) is 0. The van der Waals surface area contributed by atoms with E-state index in [-0.39, 0.29) is 5.56 Å². The van der Waals surface area contributed by atoms with Gasteiger partial charge in [0.2, 0.25) is 0 Å². The van der Waals surface area contributed by atoms with Crippen LogP contribution in [0.5, 0.6) is 0 Å². The highest BCUT2D eigenvalue weighted by atomic mass is 19.3. The van der Waals surface area contributed by atoms with Crippen LogP contribution in [-0.2, 0) is 0 Å². The van der Waals surface area contributed by atoms with Crippen LogP contribution in [0.25, 0.3) is 0 Å². The number of nitrogens with two attached hydrogens (primary N) is 1. The quantitative estimate of drug-likeness (QED) is 0.773. The number of nitrogens with one attached hydrogen (secondary N) is 1. The maximum Gasteiger partial charge on any atom is 0.265 e. The Morgan fingerprint density at radius 3 is 2.61 bits per heavy atom. The number of rotatable bonds is 5. The predicted molar refractivity (Wildman–Crippen MR) is 70.9 cm³/mol. The van der Waals surface area contributed by atoms with Crippen molar-refractivity contribution in [1.29, 1.82) is 0 Å². The fraction of sp³-hybridized carbons (Fsp3) is 0.571. The second-order valence-corrected chi connectivity index (χ2v) is 5.21. The molecule has 0 heterocycles. The molecule has 1 fully saturated rings. The van der Waals surface area contributed by atoms with Crippen LogP contribution in [0.15, 0.2) is 18.2 Å². The first kappa shape index (κ1) is 13.1. The summed E-state index contributed by atoms with van der Waals surface area (Å²) in [7, 11) is 0. The Morgan fingerprint density at radius 2 is 2.11 bits per heavy atom. The molecule has 1 aromatic rings. The minimum atomic E-state index is -2.49. The van der Waals surface area contributed by atoms with Gasteiger partial charge >= 0.3 is 0 Å². The van der Waals surface area contributed by atoms with Crippen molar-refractivity contribution in [3.05, 3.63) is 23.8 Å². The van der Waals surface area contributed by atoms with Gasteiger partial charge in [0.15, 0.2) is 0 Å². The lowest BCUT2D eigenvalue weighted by molar-refractivity contribution is 0.143. The van der Waals surface area contributed by atoms with Crippen molar-refractivity contribution in [3.63, 3.8) is 0 Å². The minimum absolute atomic E-state index is 0.000534. The van der Waals surface area contributed by atoms with Crippen LogP contribution in [0, 0.1) is 5.41 Å². The van der Waals surface area contributed by atoms with Gasteiger partial charge in [0.25, 0.3) is 6.43 Å². The summed E-state index contributed by atoms with van der Waals surface area (Å²) in [6, 6.07) is 4.67. The molecule has 0 bridgehead atoms. The highest BCUT2D eigenvalue weighted by Crippen LogP contribution is 2.44. The number of anilines is 2. The second-order valence-electron chi connectivity index (χ2n) is 5.21. The number of hydrogen-bond acceptors (Lipinski definition) is 2. The summed E-state index contributed by atoms with van der Waals surface area (Å²) in [4.78, 5) is 0. The number of benzene rings is 1. The van der Waals surface area contributed by atoms with E-state index in [1.165, 1.54) is 25.3 Å². The minimum Gasteiger partial charge on any atom is -0.399 e. The van der Waals surface area contributed by atoms with Crippen LogP contribution in [0.3, 0.4) is 0 Å². The summed E-state index contributed by atoms with van der Waals surface area (Å²) < 4.78 is 25.8. The van der Waals surface area contributed by atoms with E-state index in [1.54, 1.807) is 12.1 Å². The molecule has 1 aromatic carbocycles. The third kappa shape index (κ3) is 2.57. The Hall–Kier alpha value is -1.32. The highest BCUT2D eigenvalue weighted by Gasteiger charge is 2.34. The van der Waals surface area contributed by atoms with Gasteiger partial charge in [-0.25, -0.2) is 8.78 Å². The van der Waals surface area contributed by atoms with Crippen molar-refractivity contribution in [2.24, 2.45) is 5.41 Å². The number of alkyl halides is 2. The van der Waals surface area contributed by atoms with E-state index in [0.717, 1.165) is 13.0 Å². The zero-order valence-corrected chi connectivity index (χ0v) is 10.7. The smallest absolute Gasteiger partial charge is 0.265 e. The van der Waals surface area contributed by atoms with E-state index in [4.69, 9.17) is 5.73 Å². The van der Waals surface area contributed by atoms with Gasteiger partial charge < -0.3 is 11.1 Å². The molecule has 2 rings (SSSR count). The molecule has 1 aliphatic carbocycles. The average molecular weight is 254 g/mol. The molecule has 2 nitrogen and oxygen atoms in total. The van der Waals surface area contributed by atoms with Gasteiger partial charge in [0.05, 0.1) is 0 Å². The molecule has 100 valence electrons. The lowest BCUT2D eigenvalue weighted by Crippen LogP contribution is -2.36. The van der Waals surface area contributed by atoms with E-state index in [0.29, 0.717) is 16.8 Å². The normalized spacial score (nSPS) is 17.6. The molecular formula is C14H20F2N2. The predicted octanol–water partition coefficient (Wildman–Crippen LogP) is 4.20. The molecular weight excluding hydrogens is 234 g/mol. The zero-order chi connectivity index (χ0) is 13.2. The molecule has 0 spiro atoms. The van der Waals surface area contributed by atoms with Crippen LogP contribution in [0.4, 0.5) is 20.2 Å². The monoisotopic (exact) mass is 254 g/mol. The first-order valence-electron chi connectivity index (χ1n) is 6.48. The molecule has 1 aliphatic rings. The molecule has 0 unspecified atom stereocenters. The largest absolute Gasteiger partial charge is 0.399 e. The van der Waals surface area contributed by atoms with E-state index < -0.39 is 6.43 Å². The molecule has 4 heteroatoms. The number of hydrogen-bond donors (Lipinski definition) is 2. The van der Waals surface area contributed by atoms with Crippen molar-refractivity contribution in [2.75, 3.05) is 17.6 Å². The van der Waals surface area contributed by atoms with E-state index in [9.17, 15) is 8.78 Å². The van der Waals surface area contributed by atoms with Gasteiger partial charge in [-0.05, 0) is 42.9 Å². The summed E-state index contributed by atoms with van der Waals surface area (Å²) in [6.45, 7) is 2.94. The lowest BCUT2D eigenvalue weighted by Gasteiger charge is -2.41. The average Bonchev–Trinajstić information content (AvgIpc) is 2.29. The Balaban J connectivity index is 2.09. The molecule has 0 aromatic heterocycles. The lowest BCUT2D eigenvalue weighted by atomic mass is 9.67. The van der Waals surface area contributed by atoms with E-state index in [1.807, 2.05) is 0 Å². The van der Waals surface area contributed by atoms with E-state index >= 15 is 0 Å². The zero-order valence-electron chi connectivity index (χ0n) is 10.7. The Morgan fingerprint density at radius 1 is 1.39 bits per heavy atom.